The van der Waals surface area contributed by atoms with E-state index in [1.807, 2.05) is 32.0 Å². The maximum Gasteiger partial charge on any atom is 0.131 e. The lowest BCUT2D eigenvalue weighted by Gasteiger charge is -2.16. The van der Waals surface area contributed by atoms with Crippen molar-refractivity contribution in [3.05, 3.63) is 53.7 Å². The Morgan fingerprint density at radius 2 is 1.81 bits per heavy atom. The summed E-state index contributed by atoms with van der Waals surface area (Å²) >= 11 is 0. The summed E-state index contributed by atoms with van der Waals surface area (Å²) in [7, 11) is 0. The maximum absolute atomic E-state index is 14.2. The fraction of sp³-hybridized carbons (Fsp3) is 0.333. The molecule has 0 unspecified atom stereocenters. The number of nitrogens with zero attached hydrogens (tertiary/aromatic N) is 2. The van der Waals surface area contributed by atoms with Crippen molar-refractivity contribution in [2.75, 3.05) is 25.6 Å². The van der Waals surface area contributed by atoms with Gasteiger partial charge in [-0.25, -0.2) is 14.4 Å². The van der Waals surface area contributed by atoms with Crippen LogP contribution in [-0.4, -0.2) is 34.9 Å². The van der Waals surface area contributed by atoms with E-state index in [4.69, 9.17) is 15.6 Å². The number of anilines is 1. The van der Waals surface area contributed by atoms with Crippen molar-refractivity contribution in [1.29, 1.82) is 0 Å². The molecule has 0 radical (unpaired) electrons. The second-order valence-electron chi connectivity index (χ2n) is 6.67. The van der Waals surface area contributed by atoms with Crippen LogP contribution in [0.25, 0.3) is 22.0 Å². The lowest BCUT2D eigenvalue weighted by Crippen LogP contribution is -2.11. The van der Waals surface area contributed by atoms with E-state index in [2.05, 4.69) is 9.97 Å². The normalized spacial score (nSPS) is 11.4. The number of ether oxygens (including phenoxy) is 1. The summed E-state index contributed by atoms with van der Waals surface area (Å²) in [6, 6.07) is 10.5. The van der Waals surface area contributed by atoms with Gasteiger partial charge in [0.2, 0.25) is 0 Å². The third kappa shape index (κ3) is 4.07. The Bertz CT molecular complexity index is 944. The number of nitrogens with two attached hydrogens (primary N) is 1. The molecule has 0 fully saturated rings. The van der Waals surface area contributed by atoms with Crippen molar-refractivity contribution >= 4 is 16.5 Å². The molecule has 0 aliphatic rings. The minimum absolute atomic E-state index is 0.0212. The predicted molar refractivity (Wildman–Crippen MR) is 105 cm³/mol. The molecule has 0 spiro atoms. The van der Waals surface area contributed by atoms with Crippen LogP contribution in [-0.2, 0) is 11.2 Å². The van der Waals surface area contributed by atoms with Crippen LogP contribution in [0.1, 0.15) is 31.3 Å². The van der Waals surface area contributed by atoms with Gasteiger partial charge >= 0.3 is 0 Å². The molecule has 0 saturated heterocycles. The summed E-state index contributed by atoms with van der Waals surface area (Å²) in [5.41, 5.74) is 9.09. The van der Waals surface area contributed by atoms with E-state index < -0.39 is 0 Å². The lowest BCUT2D eigenvalue weighted by atomic mass is 9.98. The highest BCUT2D eigenvalue weighted by Crippen LogP contribution is 2.35. The van der Waals surface area contributed by atoms with E-state index in [0.29, 0.717) is 35.6 Å². The van der Waals surface area contributed by atoms with Crippen LogP contribution in [0.15, 0.2) is 36.4 Å². The van der Waals surface area contributed by atoms with Gasteiger partial charge in [0, 0.05) is 17.4 Å². The highest BCUT2D eigenvalue weighted by atomic mass is 19.1. The van der Waals surface area contributed by atoms with Crippen LogP contribution in [0, 0.1) is 5.82 Å². The number of aromatic nitrogens is 2. The van der Waals surface area contributed by atoms with Gasteiger partial charge in [0.25, 0.3) is 0 Å². The molecule has 27 heavy (non-hydrogen) atoms. The van der Waals surface area contributed by atoms with Gasteiger partial charge in [-0.15, -0.1) is 0 Å². The average molecular weight is 369 g/mol. The van der Waals surface area contributed by atoms with Crippen molar-refractivity contribution in [3.63, 3.8) is 0 Å². The Balaban J connectivity index is 2.12. The summed E-state index contributed by atoms with van der Waals surface area (Å²) in [5, 5.41) is 10.1. The van der Waals surface area contributed by atoms with Gasteiger partial charge in [-0.2, -0.15) is 0 Å². The van der Waals surface area contributed by atoms with Crippen LogP contribution in [0.2, 0.25) is 0 Å². The van der Waals surface area contributed by atoms with Gasteiger partial charge in [0.15, 0.2) is 0 Å². The molecule has 6 heteroatoms. The third-order valence-corrected chi connectivity index (χ3v) is 4.40. The number of nitrogen functional groups attached to an aromatic ring is 1. The zero-order chi connectivity index (χ0) is 19.4. The average Bonchev–Trinajstić information content (AvgIpc) is 2.67. The van der Waals surface area contributed by atoms with Gasteiger partial charge in [-0.05, 0) is 23.4 Å². The lowest BCUT2D eigenvalue weighted by molar-refractivity contribution is 0.0936. The molecule has 0 amide bonds. The Labute approximate surface area is 158 Å². The van der Waals surface area contributed by atoms with Gasteiger partial charge in [-0.1, -0.05) is 38.1 Å². The van der Waals surface area contributed by atoms with E-state index in [1.54, 1.807) is 12.1 Å². The smallest absolute Gasteiger partial charge is 0.131 e. The number of fused-ring (bicyclic) bond motifs is 1. The predicted octanol–water partition coefficient (Wildman–Crippen LogP) is 3.69. The standard InChI is InChI=1S/C21H24FN3O2/c1-13(2)20-19(23)21(25-18(24-20)9-11-27-12-10-26)16-7-8-17(22)15-6-4-3-5-14(15)16/h3-8,13,26H,9-12,23H2,1-2H3. The first-order valence-corrected chi connectivity index (χ1v) is 9.05. The molecule has 3 aromatic rings. The number of rotatable bonds is 7. The van der Waals surface area contributed by atoms with E-state index in [9.17, 15) is 4.39 Å². The van der Waals surface area contributed by atoms with E-state index >= 15 is 0 Å². The van der Waals surface area contributed by atoms with Crippen molar-refractivity contribution in [2.24, 2.45) is 0 Å². The third-order valence-electron chi connectivity index (χ3n) is 4.40. The molecule has 0 atom stereocenters. The Morgan fingerprint density at radius 3 is 2.52 bits per heavy atom. The molecule has 0 bridgehead atoms. The summed E-state index contributed by atoms with van der Waals surface area (Å²) in [6.45, 7) is 4.72. The highest BCUT2D eigenvalue weighted by molar-refractivity contribution is 5.98. The number of aliphatic hydroxyl groups excluding tert-OH is 1. The van der Waals surface area contributed by atoms with Gasteiger partial charge < -0.3 is 15.6 Å². The fourth-order valence-electron chi connectivity index (χ4n) is 3.09. The maximum atomic E-state index is 14.2. The number of hydrogen-bond acceptors (Lipinski definition) is 5. The zero-order valence-corrected chi connectivity index (χ0v) is 15.6. The number of halogens is 1. The Morgan fingerprint density at radius 1 is 1.07 bits per heavy atom. The molecule has 3 N–H and O–H groups in total. The topological polar surface area (TPSA) is 81.3 Å². The largest absolute Gasteiger partial charge is 0.395 e. The quantitative estimate of drug-likeness (QED) is 0.621. The van der Waals surface area contributed by atoms with Gasteiger partial charge in [0.1, 0.15) is 11.6 Å². The van der Waals surface area contributed by atoms with Crippen molar-refractivity contribution < 1.29 is 14.2 Å². The minimum Gasteiger partial charge on any atom is -0.395 e. The summed E-state index contributed by atoms with van der Waals surface area (Å²) < 4.78 is 19.5. The molecular weight excluding hydrogens is 345 g/mol. The SMILES string of the molecule is CC(C)c1nc(CCOCCO)nc(-c2ccc(F)c3ccccc23)c1N. The minimum atomic E-state index is -0.274. The zero-order valence-electron chi connectivity index (χ0n) is 15.6. The van der Waals surface area contributed by atoms with Crippen molar-refractivity contribution in [2.45, 2.75) is 26.2 Å². The summed E-state index contributed by atoms with van der Waals surface area (Å²) in [5.74, 6) is 0.466. The van der Waals surface area contributed by atoms with Crippen molar-refractivity contribution in [3.8, 4) is 11.3 Å². The molecular formula is C21H24FN3O2. The molecule has 142 valence electrons. The van der Waals surface area contributed by atoms with Gasteiger partial charge in [0.05, 0.1) is 36.9 Å². The first kappa shape index (κ1) is 19.2. The van der Waals surface area contributed by atoms with E-state index in [1.165, 1.54) is 6.07 Å². The molecule has 5 nitrogen and oxygen atoms in total. The van der Waals surface area contributed by atoms with Crippen LogP contribution >= 0.6 is 0 Å². The molecule has 2 aromatic carbocycles. The Kier molecular flexibility index (Phi) is 5.98. The van der Waals surface area contributed by atoms with E-state index in [0.717, 1.165) is 16.6 Å². The number of aliphatic hydroxyl groups is 1. The van der Waals surface area contributed by atoms with Crippen molar-refractivity contribution in [1.82, 2.24) is 9.97 Å². The molecule has 1 heterocycles. The number of benzene rings is 2. The summed E-state index contributed by atoms with van der Waals surface area (Å²) in [6.07, 6.45) is 0.506. The number of hydrogen-bond donors (Lipinski definition) is 2. The first-order chi connectivity index (χ1) is 13.0. The van der Waals surface area contributed by atoms with E-state index in [-0.39, 0.29) is 24.9 Å². The van der Waals surface area contributed by atoms with Gasteiger partial charge in [-0.3, -0.25) is 0 Å². The van der Waals surface area contributed by atoms with Crippen LogP contribution in [0.5, 0.6) is 0 Å². The molecule has 0 aliphatic heterocycles. The second-order valence-corrected chi connectivity index (χ2v) is 6.67. The van der Waals surface area contributed by atoms with Crippen LogP contribution < -0.4 is 5.73 Å². The highest BCUT2D eigenvalue weighted by Gasteiger charge is 2.18. The first-order valence-electron chi connectivity index (χ1n) is 9.05. The second kappa shape index (κ2) is 8.41. The van der Waals surface area contributed by atoms with Crippen LogP contribution in [0.3, 0.4) is 0 Å². The molecule has 1 aromatic heterocycles. The van der Waals surface area contributed by atoms with Crippen LogP contribution in [0.4, 0.5) is 10.1 Å². The monoisotopic (exact) mass is 369 g/mol. The fourth-order valence-corrected chi connectivity index (χ4v) is 3.09. The molecule has 0 aliphatic carbocycles. The molecule has 0 saturated carbocycles. The molecule has 3 rings (SSSR count). The Hall–Kier alpha value is -2.57. The summed E-state index contributed by atoms with van der Waals surface area (Å²) in [4.78, 5) is 9.26.